The van der Waals surface area contributed by atoms with Crippen molar-refractivity contribution >= 4 is 28.9 Å². The van der Waals surface area contributed by atoms with E-state index in [2.05, 4.69) is 0 Å². The Bertz CT molecular complexity index is 676. The molecule has 21 heavy (non-hydrogen) atoms. The Labute approximate surface area is 131 Å². The zero-order chi connectivity index (χ0) is 15.4. The Kier molecular flexibility index (Phi) is 4.88. The molecule has 2 aromatic carbocycles. The lowest BCUT2D eigenvalue weighted by Gasteiger charge is -2.11. The Balaban J connectivity index is 2.30. The first kappa shape index (κ1) is 15.4. The van der Waals surface area contributed by atoms with Crippen molar-refractivity contribution in [2.24, 2.45) is 0 Å². The Morgan fingerprint density at radius 1 is 1.19 bits per heavy atom. The van der Waals surface area contributed by atoms with Crippen LogP contribution in [-0.4, -0.2) is 12.0 Å². The molecule has 0 aliphatic carbocycles. The van der Waals surface area contributed by atoms with E-state index in [1.165, 1.54) is 25.3 Å². The number of rotatable bonds is 5. The van der Waals surface area contributed by atoms with Crippen LogP contribution in [0.3, 0.4) is 0 Å². The van der Waals surface area contributed by atoms with Gasteiger partial charge in [0.2, 0.25) is 0 Å². The number of hydrogen-bond acceptors (Lipinski definition) is 4. The van der Waals surface area contributed by atoms with Gasteiger partial charge in [-0.15, -0.1) is 11.6 Å². The lowest BCUT2D eigenvalue weighted by atomic mass is 10.2. The van der Waals surface area contributed by atoms with Gasteiger partial charge < -0.3 is 9.47 Å². The van der Waals surface area contributed by atoms with E-state index in [0.29, 0.717) is 22.4 Å². The zero-order valence-corrected chi connectivity index (χ0v) is 12.5. The third-order valence-electron chi connectivity index (χ3n) is 2.75. The monoisotopic (exact) mass is 327 g/mol. The smallest absolute Gasteiger partial charge is 0.273 e. The molecule has 0 unspecified atom stereocenters. The van der Waals surface area contributed by atoms with Crippen molar-refractivity contribution < 1.29 is 14.4 Å². The van der Waals surface area contributed by atoms with Crippen molar-refractivity contribution in [3.63, 3.8) is 0 Å². The highest BCUT2D eigenvalue weighted by Crippen LogP contribution is 2.35. The van der Waals surface area contributed by atoms with Crippen molar-refractivity contribution in [3.8, 4) is 17.2 Å². The first-order valence-corrected chi connectivity index (χ1v) is 6.81. The second kappa shape index (κ2) is 6.65. The quantitative estimate of drug-likeness (QED) is 0.450. The molecule has 0 amide bonds. The Morgan fingerprint density at radius 2 is 1.95 bits per heavy atom. The average Bonchev–Trinajstić information content (AvgIpc) is 2.47. The standard InChI is InChI=1S/C14H11Cl2NO4/c1-20-14-6-10(17(18)19)3-5-13(14)21-11-4-2-9(8-15)12(16)7-11/h2-7H,8H2,1H3. The molecule has 0 bridgehead atoms. The summed E-state index contributed by atoms with van der Waals surface area (Å²) in [5.74, 6) is 1.42. The van der Waals surface area contributed by atoms with Crippen LogP contribution in [0.1, 0.15) is 5.56 Å². The number of non-ortho nitro benzene ring substituents is 1. The van der Waals surface area contributed by atoms with Gasteiger partial charge in [0.05, 0.1) is 18.1 Å². The maximum Gasteiger partial charge on any atom is 0.273 e. The minimum Gasteiger partial charge on any atom is -0.493 e. The highest BCUT2D eigenvalue weighted by Gasteiger charge is 2.13. The number of halogens is 2. The van der Waals surface area contributed by atoms with Crippen LogP contribution in [0.4, 0.5) is 5.69 Å². The molecule has 0 saturated heterocycles. The van der Waals surface area contributed by atoms with Crippen LogP contribution in [0.5, 0.6) is 17.2 Å². The van der Waals surface area contributed by atoms with Crippen molar-refractivity contribution in [2.75, 3.05) is 7.11 Å². The Hall–Kier alpha value is -1.98. The largest absolute Gasteiger partial charge is 0.493 e. The molecule has 0 aromatic heterocycles. The van der Waals surface area contributed by atoms with Crippen LogP contribution in [0.2, 0.25) is 5.02 Å². The molecule has 110 valence electrons. The van der Waals surface area contributed by atoms with Gasteiger partial charge in [-0.1, -0.05) is 17.7 Å². The molecule has 0 saturated carbocycles. The number of nitro benzene ring substituents is 1. The van der Waals surface area contributed by atoms with Gasteiger partial charge in [0, 0.05) is 17.0 Å². The van der Waals surface area contributed by atoms with E-state index >= 15 is 0 Å². The number of methoxy groups -OCH3 is 1. The minimum atomic E-state index is -0.502. The first-order chi connectivity index (χ1) is 10.0. The number of nitrogens with zero attached hydrogens (tertiary/aromatic N) is 1. The molecule has 7 heteroatoms. The summed E-state index contributed by atoms with van der Waals surface area (Å²) < 4.78 is 10.7. The molecule has 2 aromatic rings. The molecule has 5 nitrogen and oxygen atoms in total. The summed E-state index contributed by atoms with van der Waals surface area (Å²) in [7, 11) is 1.41. The topological polar surface area (TPSA) is 61.6 Å². The molecule has 0 fully saturated rings. The van der Waals surface area contributed by atoms with Crippen LogP contribution < -0.4 is 9.47 Å². The van der Waals surface area contributed by atoms with E-state index in [-0.39, 0.29) is 11.4 Å². The molecule has 0 N–H and O–H groups in total. The second-order valence-corrected chi connectivity index (χ2v) is 4.76. The summed E-state index contributed by atoms with van der Waals surface area (Å²) >= 11 is 11.8. The van der Waals surface area contributed by atoms with E-state index in [9.17, 15) is 10.1 Å². The van der Waals surface area contributed by atoms with Crippen molar-refractivity contribution in [2.45, 2.75) is 5.88 Å². The number of alkyl halides is 1. The fourth-order valence-electron chi connectivity index (χ4n) is 1.68. The highest BCUT2D eigenvalue weighted by atomic mass is 35.5. The molecule has 0 aliphatic rings. The first-order valence-electron chi connectivity index (χ1n) is 5.90. The summed E-state index contributed by atoms with van der Waals surface area (Å²) in [5, 5.41) is 11.2. The third-order valence-corrected chi connectivity index (χ3v) is 3.39. The van der Waals surface area contributed by atoms with E-state index in [0.717, 1.165) is 5.56 Å². The minimum absolute atomic E-state index is 0.0743. The molecule has 0 aliphatic heterocycles. The van der Waals surface area contributed by atoms with E-state index in [1.807, 2.05) is 0 Å². The molecule has 0 atom stereocenters. The molecule has 0 spiro atoms. The van der Waals surface area contributed by atoms with Gasteiger partial charge in [0.25, 0.3) is 5.69 Å². The summed E-state index contributed by atoms with van der Waals surface area (Å²) in [6.07, 6.45) is 0. The maximum absolute atomic E-state index is 10.7. The summed E-state index contributed by atoms with van der Waals surface area (Å²) in [4.78, 5) is 10.2. The zero-order valence-electron chi connectivity index (χ0n) is 11.0. The molecular formula is C14H11Cl2NO4. The van der Waals surface area contributed by atoms with Crippen molar-refractivity contribution in [1.29, 1.82) is 0 Å². The lowest BCUT2D eigenvalue weighted by Crippen LogP contribution is -1.94. The molecule has 0 radical (unpaired) electrons. The highest BCUT2D eigenvalue weighted by molar-refractivity contribution is 6.32. The number of ether oxygens (including phenoxy) is 2. The van der Waals surface area contributed by atoms with Crippen molar-refractivity contribution in [1.82, 2.24) is 0 Å². The Morgan fingerprint density at radius 3 is 2.52 bits per heavy atom. The van der Waals surface area contributed by atoms with E-state index in [4.69, 9.17) is 32.7 Å². The molecule has 2 rings (SSSR count). The molecular weight excluding hydrogens is 317 g/mol. The van der Waals surface area contributed by atoms with Gasteiger partial charge in [0.15, 0.2) is 11.5 Å². The van der Waals surface area contributed by atoms with Crippen LogP contribution in [0, 0.1) is 10.1 Å². The SMILES string of the molecule is COc1cc([N+](=O)[O-])ccc1Oc1ccc(CCl)c(Cl)c1. The maximum atomic E-state index is 10.7. The van der Waals surface area contributed by atoms with Crippen LogP contribution >= 0.6 is 23.2 Å². The van der Waals surface area contributed by atoms with Crippen LogP contribution in [-0.2, 0) is 5.88 Å². The number of nitro groups is 1. The lowest BCUT2D eigenvalue weighted by molar-refractivity contribution is -0.384. The van der Waals surface area contributed by atoms with E-state index < -0.39 is 4.92 Å². The third kappa shape index (κ3) is 3.56. The average molecular weight is 328 g/mol. The van der Waals surface area contributed by atoms with Gasteiger partial charge in [-0.2, -0.15) is 0 Å². The predicted octanol–water partition coefficient (Wildman–Crippen LogP) is 4.79. The van der Waals surface area contributed by atoms with Crippen LogP contribution in [0.25, 0.3) is 0 Å². The summed E-state index contributed by atoms with van der Waals surface area (Å²) in [6, 6.07) is 9.20. The van der Waals surface area contributed by atoms with Gasteiger partial charge in [-0.25, -0.2) is 0 Å². The van der Waals surface area contributed by atoms with E-state index in [1.54, 1.807) is 18.2 Å². The number of benzene rings is 2. The summed E-state index contributed by atoms with van der Waals surface area (Å²) in [5.41, 5.74) is 0.719. The van der Waals surface area contributed by atoms with Gasteiger partial charge in [-0.05, 0) is 23.8 Å². The normalized spacial score (nSPS) is 10.2. The number of hydrogen-bond donors (Lipinski definition) is 0. The van der Waals surface area contributed by atoms with Gasteiger partial charge in [0.1, 0.15) is 5.75 Å². The van der Waals surface area contributed by atoms with Crippen LogP contribution in [0.15, 0.2) is 36.4 Å². The predicted molar refractivity (Wildman–Crippen MR) is 80.7 cm³/mol. The van der Waals surface area contributed by atoms with Gasteiger partial charge >= 0.3 is 0 Å². The fraction of sp³-hybridized carbons (Fsp3) is 0.143. The summed E-state index contributed by atoms with van der Waals surface area (Å²) in [6.45, 7) is 0. The molecule has 0 heterocycles. The van der Waals surface area contributed by atoms with Gasteiger partial charge in [-0.3, -0.25) is 10.1 Å². The van der Waals surface area contributed by atoms with Crippen molar-refractivity contribution in [3.05, 3.63) is 57.1 Å². The second-order valence-electron chi connectivity index (χ2n) is 4.08. The fourth-order valence-corrected chi connectivity index (χ4v) is 2.22.